The summed E-state index contributed by atoms with van der Waals surface area (Å²) in [5.41, 5.74) is 3.68. The predicted octanol–water partition coefficient (Wildman–Crippen LogP) is 10.5. The molecule has 1 aliphatic carbocycles. The third-order valence-electron chi connectivity index (χ3n) is 7.46. The molecule has 5 nitrogen and oxygen atoms in total. The van der Waals surface area contributed by atoms with Crippen LogP contribution in [0.25, 0.3) is 11.3 Å². The lowest BCUT2D eigenvalue weighted by molar-refractivity contribution is -0.397. The van der Waals surface area contributed by atoms with E-state index < -0.39 is 5.92 Å². The maximum atomic E-state index is 14.2. The van der Waals surface area contributed by atoms with Gasteiger partial charge in [-0.05, 0) is 62.5 Å². The number of nitroso groups, excluding NO2 is 1. The molecule has 0 saturated carbocycles. The van der Waals surface area contributed by atoms with Gasteiger partial charge < -0.3 is 0 Å². The molecule has 4 heterocycles. The van der Waals surface area contributed by atoms with Gasteiger partial charge in [0.2, 0.25) is 0 Å². The van der Waals surface area contributed by atoms with Gasteiger partial charge in [-0.2, -0.15) is 8.75 Å². The Kier molecular flexibility index (Phi) is 10.1. The summed E-state index contributed by atoms with van der Waals surface area (Å²) in [5.74, 6) is -0.562. The number of halogens is 2. The Morgan fingerprint density at radius 2 is 1.46 bits per heavy atom. The van der Waals surface area contributed by atoms with E-state index in [1.54, 1.807) is 0 Å². The van der Waals surface area contributed by atoms with E-state index in [0.29, 0.717) is 40.3 Å². The predicted molar refractivity (Wildman–Crippen MR) is 169 cm³/mol. The SMILES string of the molecule is CCCCCCCCCCCCCC1=C2C(=O)C(c3ccc(Br)s3)c3nsnc3C2=C(c2ccc(Br)s2)[N+]1=O. The number of fused-ring (bicyclic) bond motifs is 3. The molecule has 3 aromatic rings. The zero-order valence-electron chi connectivity index (χ0n) is 22.0. The van der Waals surface area contributed by atoms with Crippen LogP contribution in [0.4, 0.5) is 0 Å². The van der Waals surface area contributed by atoms with E-state index in [2.05, 4.69) is 47.5 Å². The third-order valence-corrected chi connectivity index (χ3v) is 11.3. The number of allylic oxidation sites excluding steroid dienone is 3. The monoisotopic (exact) mass is 708 g/mol. The quantitative estimate of drug-likeness (QED) is 0.123. The van der Waals surface area contributed by atoms with Crippen LogP contribution in [0.2, 0.25) is 0 Å². The molecule has 1 unspecified atom stereocenters. The van der Waals surface area contributed by atoms with E-state index in [1.165, 1.54) is 80.5 Å². The van der Waals surface area contributed by atoms with E-state index in [-0.39, 0.29) is 5.78 Å². The summed E-state index contributed by atoms with van der Waals surface area (Å²) >= 11 is 11.2. The van der Waals surface area contributed by atoms with Gasteiger partial charge in [0, 0.05) is 16.2 Å². The number of nitrogens with zero attached hydrogens (tertiary/aromatic N) is 3. The lowest BCUT2D eigenvalue weighted by Gasteiger charge is -2.19. The highest BCUT2D eigenvalue weighted by atomic mass is 79.9. The Hall–Kier alpha value is -1.33. The number of rotatable bonds is 14. The molecular weight excluding hydrogens is 678 g/mol. The minimum atomic E-state index is -0.524. The number of ketones is 1. The number of thiophene rings is 2. The Balaban J connectivity index is 1.35. The fourth-order valence-electron chi connectivity index (χ4n) is 5.52. The number of hydrogen-bond acceptors (Lipinski definition) is 7. The van der Waals surface area contributed by atoms with Crippen LogP contribution < -0.4 is 0 Å². The van der Waals surface area contributed by atoms with Gasteiger partial charge >= 0.3 is 0 Å². The first-order valence-electron chi connectivity index (χ1n) is 13.8. The fourth-order valence-corrected chi connectivity index (χ4v) is 9.05. The molecule has 10 heteroatoms. The molecule has 2 aliphatic rings. The van der Waals surface area contributed by atoms with E-state index in [4.69, 9.17) is 0 Å². The highest BCUT2D eigenvalue weighted by Crippen LogP contribution is 2.52. The minimum Gasteiger partial charge on any atom is -0.293 e. The van der Waals surface area contributed by atoms with Gasteiger partial charge in [-0.25, -0.2) is 0 Å². The molecule has 0 spiro atoms. The van der Waals surface area contributed by atoms with Crippen molar-refractivity contribution < 1.29 is 9.55 Å². The van der Waals surface area contributed by atoms with Gasteiger partial charge in [-0.1, -0.05) is 71.1 Å². The first kappa shape index (κ1) is 29.2. The highest BCUT2D eigenvalue weighted by molar-refractivity contribution is 9.11. The lowest BCUT2D eigenvalue weighted by Crippen LogP contribution is -2.23. The van der Waals surface area contributed by atoms with Gasteiger partial charge in [0.15, 0.2) is 5.78 Å². The van der Waals surface area contributed by atoms with E-state index in [1.807, 2.05) is 24.3 Å². The van der Waals surface area contributed by atoms with Crippen molar-refractivity contribution in [2.24, 2.45) is 0 Å². The second-order valence-electron chi connectivity index (χ2n) is 10.2. The molecule has 39 heavy (non-hydrogen) atoms. The second-order valence-corrected chi connectivity index (χ2v) is 15.7. The summed E-state index contributed by atoms with van der Waals surface area (Å²) in [7, 11) is 0. The van der Waals surface area contributed by atoms with Crippen LogP contribution in [0, 0.1) is 4.91 Å². The molecule has 1 aliphatic heterocycles. The summed E-state index contributed by atoms with van der Waals surface area (Å²) in [4.78, 5) is 29.8. The van der Waals surface area contributed by atoms with Crippen molar-refractivity contribution in [2.45, 2.75) is 89.9 Å². The molecule has 0 amide bonds. The maximum absolute atomic E-state index is 14.2. The summed E-state index contributed by atoms with van der Waals surface area (Å²) in [6.45, 7) is 2.26. The summed E-state index contributed by atoms with van der Waals surface area (Å²) < 4.78 is 12.1. The van der Waals surface area contributed by atoms with Crippen LogP contribution in [-0.2, 0) is 4.79 Å². The molecule has 1 atom stereocenters. The standard InChI is InChI=1S/C29H32Br2N3O2S3/c1-2-3-4-5-6-7-8-9-10-11-12-13-18-23-25(28(34(18)36)20-15-17-22(31)38-20)27-26(32-39-33-27)24(29(23)35)19-14-16-21(30)37-19/h14-17,24H,2-13H2,1H3/q+1. The van der Waals surface area contributed by atoms with Crippen LogP contribution in [0.15, 0.2) is 43.1 Å². The van der Waals surface area contributed by atoms with Crippen molar-refractivity contribution in [3.63, 3.8) is 0 Å². The van der Waals surface area contributed by atoms with Crippen LogP contribution in [0.1, 0.15) is 111 Å². The van der Waals surface area contributed by atoms with Crippen molar-refractivity contribution >= 4 is 83.3 Å². The van der Waals surface area contributed by atoms with Gasteiger partial charge in [0.05, 0.1) is 35.3 Å². The van der Waals surface area contributed by atoms with Gasteiger partial charge in [0.1, 0.15) is 22.1 Å². The molecule has 0 radical (unpaired) electrons. The number of Topliss-reactive ketones (excluding diaryl/α,β-unsaturated/α-hetero) is 1. The van der Waals surface area contributed by atoms with Gasteiger partial charge in [0.25, 0.3) is 11.4 Å². The number of carbonyl (C=O) groups excluding carboxylic acids is 1. The zero-order chi connectivity index (χ0) is 27.4. The van der Waals surface area contributed by atoms with E-state index in [0.717, 1.165) is 46.7 Å². The van der Waals surface area contributed by atoms with E-state index in [9.17, 15) is 9.70 Å². The highest BCUT2D eigenvalue weighted by Gasteiger charge is 2.53. The van der Waals surface area contributed by atoms with Gasteiger partial charge in [-0.3, -0.25) is 4.79 Å². The minimum absolute atomic E-state index is 0.0379. The van der Waals surface area contributed by atoms with Crippen molar-refractivity contribution in [3.8, 4) is 0 Å². The Morgan fingerprint density at radius 1 is 0.821 bits per heavy atom. The largest absolute Gasteiger partial charge is 0.293 e. The summed E-state index contributed by atoms with van der Waals surface area (Å²) in [5, 5.41) is 0. The molecule has 0 fully saturated rings. The Bertz CT molecular complexity index is 1420. The lowest BCUT2D eigenvalue weighted by atomic mass is 9.79. The van der Waals surface area contributed by atoms with Crippen molar-refractivity contribution in [1.82, 2.24) is 8.75 Å². The third kappa shape index (κ3) is 6.30. The molecular formula is C29H32Br2N3O2S3+. The van der Waals surface area contributed by atoms with E-state index >= 15 is 0 Å². The van der Waals surface area contributed by atoms with Crippen molar-refractivity contribution in [1.29, 1.82) is 0 Å². The van der Waals surface area contributed by atoms with Crippen LogP contribution in [-0.4, -0.2) is 19.3 Å². The number of carbonyl (C=O) groups is 1. The molecule has 0 N–H and O–H groups in total. The number of aromatic nitrogens is 2. The first-order chi connectivity index (χ1) is 19.0. The topological polar surface area (TPSA) is 62.9 Å². The van der Waals surface area contributed by atoms with Crippen LogP contribution in [0.5, 0.6) is 0 Å². The zero-order valence-corrected chi connectivity index (χ0v) is 27.6. The average molecular weight is 711 g/mol. The van der Waals surface area contributed by atoms with Crippen LogP contribution >= 0.6 is 66.3 Å². The average Bonchev–Trinajstić information content (AvgIpc) is 3.70. The molecule has 206 valence electrons. The van der Waals surface area contributed by atoms with Crippen molar-refractivity contribution in [3.05, 3.63) is 69.2 Å². The molecule has 0 saturated heterocycles. The van der Waals surface area contributed by atoms with Gasteiger partial charge in [-0.15, -0.1) is 22.7 Å². The number of unbranched alkanes of at least 4 members (excludes halogenated alkanes) is 10. The molecule has 0 aromatic carbocycles. The Morgan fingerprint density at radius 3 is 2.08 bits per heavy atom. The Labute approximate surface area is 259 Å². The molecule has 3 aromatic heterocycles. The first-order valence-corrected chi connectivity index (χ1v) is 17.8. The normalized spacial score (nSPS) is 16.9. The second kappa shape index (κ2) is 13.6. The maximum Gasteiger partial charge on any atom is 0.290 e. The molecule has 5 rings (SSSR count). The van der Waals surface area contributed by atoms with Crippen LogP contribution in [0.3, 0.4) is 0 Å². The fraction of sp³-hybridized carbons (Fsp3) is 0.483. The van der Waals surface area contributed by atoms with Crippen molar-refractivity contribution in [2.75, 3.05) is 0 Å². The molecule has 0 bridgehead atoms. The number of hydrogen-bond donors (Lipinski definition) is 0. The summed E-state index contributed by atoms with van der Waals surface area (Å²) in [6.07, 6.45) is 14.3. The smallest absolute Gasteiger partial charge is 0.290 e. The summed E-state index contributed by atoms with van der Waals surface area (Å²) in [6, 6.07) is 7.82.